The Morgan fingerprint density at radius 1 is 1.22 bits per heavy atom. The van der Waals surface area contributed by atoms with E-state index in [2.05, 4.69) is 39.5 Å². The zero-order valence-electron chi connectivity index (χ0n) is 10.3. The number of hydrogen-bond acceptors (Lipinski definition) is 3. The topological polar surface area (TPSA) is 54.7 Å². The van der Waals surface area contributed by atoms with Crippen molar-refractivity contribution in [1.29, 1.82) is 0 Å². The summed E-state index contributed by atoms with van der Waals surface area (Å²) in [7, 11) is 0. The van der Waals surface area contributed by atoms with E-state index in [0.717, 1.165) is 25.2 Å². The van der Waals surface area contributed by atoms with Crippen LogP contribution < -0.4 is 0 Å². The van der Waals surface area contributed by atoms with Crippen LogP contribution >= 0.6 is 0 Å². The van der Waals surface area contributed by atoms with Crippen molar-refractivity contribution in [3.8, 4) is 0 Å². The van der Waals surface area contributed by atoms with Crippen LogP contribution in [-0.2, 0) is 12.8 Å². The highest BCUT2D eigenvalue weighted by Gasteiger charge is 2.05. The average molecular weight is 241 g/mol. The van der Waals surface area contributed by atoms with Gasteiger partial charge in [0.1, 0.15) is 0 Å². The van der Waals surface area contributed by atoms with Crippen molar-refractivity contribution >= 4 is 10.9 Å². The van der Waals surface area contributed by atoms with Crippen molar-refractivity contribution < 1.29 is 4.52 Å². The molecule has 2 heterocycles. The first-order valence-corrected chi connectivity index (χ1v) is 6.17. The highest BCUT2D eigenvalue weighted by molar-refractivity contribution is 5.82. The molecule has 0 saturated carbocycles. The van der Waals surface area contributed by atoms with Crippen LogP contribution in [0.1, 0.15) is 23.7 Å². The number of aryl methyl sites for hydroxylation is 3. The summed E-state index contributed by atoms with van der Waals surface area (Å²) in [5, 5.41) is 5.09. The van der Waals surface area contributed by atoms with Gasteiger partial charge in [-0.1, -0.05) is 23.4 Å². The van der Waals surface area contributed by atoms with Gasteiger partial charge in [-0.3, -0.25) is 0 Å². The number of aromatic nitrogens is 3. The van der Waals surface area contributed by atoms with Crippen LogP contribution in [0.4, 0.5) is 0 Å². The second-order valence-corrected chi connectivity index (χ2v) is 4.45. The number of hydrogen-bond donors (Lipinski definition) is 1. The van der Waals surface area contributed by atoms with E-state index < -0.39 is 0 Å². The summed E-state index contributed by atoms with van der Waals surface area (Å²) < 4.78 is 5.10. The quantitative estimate of drug-likeness (QED) is 0.763. The van der Waals surface area contributed by atoms with Crippen molar-refractivity contribution in [3.63, 3.8) is 0 Å². The van der Waals surface area contributed by atoms with E-state index in [1.807, 2.05) is 13.0 Å². The lowest BCUT2D eigenvalue weighted by Crippen LogP contribution is -1.89. The molecular formula is C14H15N3O. The lowest BCUT2D eigenvalue weighted by atomic mass is 10.1. The zero-order chi connectivity index (χ0) is 12.4. The minimum atomic E-state index is 0.706. The molecule has 1 aromatic carbocycles. The van der Waals surface area contributed by atoms with E-state index in [1.54, 1.807) is 0 Å². The van der Waals surface area contributed by atoms with E-state index >= 15 is 0 Å². The lowest BCUT2D eigenvalue weighted by Gasteiger charge is -1.97. The third kappa shape index (κ3) is 2.14. The summed E-state index contributed by atoms with van der Waals surface area (Å²) in [6, 6.07) is 8.36. The van der Waals surface area contributed by atoms with Crippen molar-refractivity contribution in [3.05, 3.63) is 47.7 Å². The number of fused-ring (bicyclic) bond motifs is 1. The summed E-state index contributed by atoms with van der Waals surface area (Å²) in [5.74, 6) is 1.43. The van der Waals surface area contributed by atoms with Crippen molar-refractivity contribution in [2.45, 2.75) is 26.2 Å². The molecule has 18 heavy (non-hydrogen) atoms. The second-order valence-electron chi connectivity index (χ2n) is 4.45. The van der Waals surface area contributed by atoms with Crippen molar-refractivity contribution in [2.24, 2.45) is 0 Å². The Bertz CT molecular complexity index is 654. The number of aromatic amines is 1. The third-order valence-electron chi connectivity index (χ3n) is 3.08. The van der Waals surface area contributed by atoms with E-state index in [0.29, 0.717) is 5.82 Å². The van der Waals surface area contributed by atoms with E-state index in [9.17, 15) is 0 Å². The fourth-order valence-corrected chi connectivity index (χ4v) is 2.21. The molecule has 0 aliphatic heterocycles. The Morgan fingerprint density at radius 2 is 2.11 bits per heavy atom. The first kappa shape index (κ1) is 11.0. The van der Waals surface area contributed by atoms with Gasteiger partial charge in [-0.05, 0) is 31.4 Å². The first-order chi connectivity index (χ1) is 8.83. The number of rotatable bonds is 4. The van der Waals surface area contributed by atoms with Crippen molar-refractivity contribution in [2.75, 3.05) is 0 Å². The van der Waals surface area contributed by atoms with E-state index in [4.69, 9.17) is 4.52 Å². The predicted octanol–water partition coefficient (Wildman–Crippen LogP) is 3.03. The molecule has 0 spiro atoms. The lowest BCUT2D eigenvalue weighted by molar-refractivity contribution is 0.372. The first-order valence-electron chi connectivity index (χ1n) is 6.17. The molecule has 4 nitrogen and oxygen atoms in total. The summed E-state index contributed by atoms with van der Waals surface area (Å²) in [6.45, 7) is 1.84. The minimum Gasteiger partial charge on any atom is -0.361 e. The highest BCUT2D eigenvalue weighted by Crippen LogP contribution is 2.19. The predicted molar refractivity (Wildman–Crippen MR) is 69.4 cm³/mol. The van der Waals surface area contributed by atoms with Gasteiger partial charge < -0.3 is 9.51 Å². The smallest absolute Gasteiger partial charge is 0.226 e. The Kier molecular flexibility index (Phi) is 2.84. The number of benzene rings is 1. The molecule has 1 N–H and O–H groups in total. The molecule has 0 atom stereocenters. The highest BCUT2D eigenvalue weighted by atomic mass is 16.5. The maximum absolute atomic E-state index is 5.10. The van der Waals surface area contributed by atoms with E-state index in [1.165, 1.54) is 16.5 Å². The van der Waals surface area contributed by atoms with Gasteiger partial charge >= 0.3 is 0 Å². The molecule has 3 aromatic rings. The molecule has 0 amide bonds. The van der Waals surface area contributed by atoms with Gasteiger partial charge in [0.05, 0.1) is 0 Å². The fourth-order valence-electron chi connectivity index (χ4n) is 2.21. The van der Waals surface area contributed by atoms with Gasteiger partial charge in [-0.15, -0.1) is 0 Å². The van der Waals surface area contributed by atoms with Crippen LogP contribution in [0.25, 0.3) is 10.9 Å². The number of H-pyrrole nitrogens is 1. The maximum atomic E-state index is 5.10. The van der Waals surface area contributed by atoms with Crippen LogP contribution in [0, 0.1) is 6.92 Å². The fraction of sp³-hybridized carbons (Fsp3) is 0.286. The molecule has 0 aliphatic carbocycles. The summed E-state index contributed by atoms with van der Waals surface area (Å²) in [5.41, 5.74) is 2.54. The second kappa shape index (κ2) is 4.64. The molecule has 0 fully saturated rings. The molecule has 0 bridgehead atoms. The van der Waals surface area contributed by atoms with Crippen LogP contribution in [0.2, 0.25) is 0 Å². The summed E-state index contributed by atoms with van der Waals surface area (Å²) in [6.07, 6.45) is 4.96. The van der Waals surface area contributed by atoms with Gasteiger partial charge in [0, 0.05) is 23.5 Å². The van der Waals surface area contributed by atoms with Gasteiger partial charge in [0.15, 0.2) is 5.82 Å². The van der Waals surface area contributed by atoms with Gasteiger partial charge in [0.2, 0.25) is 5.89 Å². The molecule has 3 rings (SSSR count). The molecular weight excluding hydrogens is 226 g/mol. The van der Waals surface area contributed by atoms with Crippen LogP contribution in [0.15, 0.2) is 35.0 Å². The monoisotopic (exact) mass is 241 g/mol. The minimum absolute atomic E-state index is 0.706. The number of para-hydroxylation sites is 1. The molecule has 0 aliphatic rings. The van der Waals surface area contributed by atoms with Gasteiger partial charge in [-0.25, -0.2) is 0 Å². The number of nitrogens with one attached hydrogen (secondary N) is 1. The normalized spacial score (nSPS) is 11.2. The Morgan fingerprint density at radius 3 is 2.94 bits per heavy atom. The molecule has 92 valence electrons. The zero-order valence-corrected chi connectivity index (χ0v) is 10.3. The molecule has 4 heteroatoms. The van der Waals surface area contributed by atoms with Crippen LogP contribution in [0.5, 0.6) is 0 Å². The third-order valence-corrected chi connectivity index (χ3v) is 3.08. The Labute approximate surface area is 105 Å². The SMILES string of the molecule is Cc1noc(CCCc2c[nH]c3ccccc23)n1. The van der Waals surface area contributed by atoms with E-state index in [-0.39, 0.29) is 0 Å². The largest absolute Gasteiger partial charge is 0.361 e. The molecule has 2 aromatic heterocycles. The van der Waals surface area contributed by atoms with Crippen LogP contribution in [-0.4, -0.2) is 15.1 Å². The Balaban J connectivity index is 1.66. The average Bonchev–Trinajstić information content (AvgIpc) is 2.97. The standard InChI is InChI=1S/C14H15N3O/c1-10-16-14(18-17-10)8-4-5-11-9-15-13-7-3-2-6-12(11)13/h2-3,6-7,9,15H,4-5,8H2,1H3. The molecule has 0 saturated heterocycles. The molecule has 0 radical (unpaired) electrons. The van der Waals surface area contributed by atoms with Crippen molar-refractivity contribution in [1.82, 2.24) is 15.1 Å². The summed E-state index contributed by atoms with van der Waals surface area (Å²) in [4.78, 5) is 7.50. The van der Waals surface area contributed by atoms with Crippen LogP contribution in [0.3, 0.4) is 0 Å². The van der Waals surface area contributed by atoms with Gasteiger partial charge in [-0.2, -0.15) is 4.98 Å². The molecule has 0 unspecified atom stereocenters. The summed E-state index contributed by atoms with van der Waals surface area (Å²) >= 11 is 0. The Hall–Kier alpha value is -2.10. The maximum Gasteiger partial charge on any atom is 0.226 e. The van der Waals surface area contributed by atoms with Gasteiger partial charge in [0.25, 0.3) is 0 Å². The number of nitrogens with zero attached hydrogens (tertiary/aromatic N) is 2.